The molecule has 0 aliphatic heterocycles. The topological polar surface area (TPSA) is 279 Å². The van der Waals surface area contributed by atoms with Crippen LogP contribution in [0.3, 0.4) is 0 Å². The van der Waals surface area contributed by atoms with Gasteiger partial charge in [0.05, 0.1) is 48.4 Å². The Balaban J connectivity index is 0.000000308. The number of nitro benzene ring substituents is 2. The van der Waals surface area contributed by atoms with Crippen LogP contribution in [0.2, 0.25) is 0 Å². The van der Waals surface area contributed by atoms with Crippen LogP contribution >= 0.6 is 0 Å². The number of methoxy groups -OCH3 is 3. The number of carbonyl (C=O) groups excluding carboxylic acids is 3. The molecule has 0 aliphatic carbocycles. The number of nitrogens with two attached hydrogens (primary N) is 1. The monoisotopic (exact) mass is 614 g/mol. The summed E-state index contributed by atoms with van der Waals surface area (Å²) in [6.07, 6.45) is 0.696. The summed E-state index contributed by atoms with van der Waals surface area (Å²) in [6.45, 7) is 0. The van der Waals surface area contributed by atoms with E-state index in [0.717, 1.165) is 21.3 Å². The van der Waals surface area contributed by atoms with Gasteiger partial charge in [-0.15, -0.1) is 0 Å². The molecule has 0 fully saturated rings. The van der Waals surface area contributed by atoms with E-state index in [2.05, 4.69) is 29.3 Å². The van der Waals surface area contributed by atoms with Crippen LogP contribution in [-0.4, -0.2) is 70.0 Å². The fourth-order valence-corrected chi connectivity index (χ4v) is 3.05. The zero-order chi connectivity index (χ0) is 33.0. The number of nitrogens with zero attached hydrogens (tertiary/aromatic N) is 4. The number of carbonyl (C=O) groups is 3. The molecule has 3 aromatic rings. The molecule has 0 saturated heterocycles. The van der Waals surface area contributed by atoms with Crippen LogP contribution in [0.15, 0.2) is 70.3 Å². The first-order chi connectivity index (χ1) is 20.9. The third kappa shape index (κ3) is 8.42. The zero-order valence-corrected chi connectivity index (χ0v) is 22.9. The summed E-state index contributed by atoms with van der Waals surface area (Å²) >= 11 is 0. The van der Waals surface area contributed by atoms with E-state index < -0.39 is 50.5 Å². The molecule has 0 radical (unpaired) electrons. The predicted octanol–water partition coefficient (Wildman–Crippen LogP) is 1.30. The van der Waals surface area contributed by atoms with E-state index in [1.54, 1.807) is 0 Å². The Morgan fingerprint density at radius 3 is 2.11 bits per heavy atom. The smallest absolute Gasteiger partial charge is 0.377 e. The molecular formula is C25H22N6O13. The Morgan fingerprint density at radius 1 is 0.955 bits per heavy atom. The van der Waals surface area contributed by atoms with Gasteiger partial charge < -0.3 is 34.9 Å². The lowest BCUT2D eigenvalue weighted by atomic mass is 10.1. The van der Waals surface area contributed by atoms with Crippen molar-refractivity contribution in [3.05, 3.63) is 102 Å². The second-order valence-electron chi connectivity index (χ2n) is 7.74. The van der Waals surface area contributed by atoms with Crippen LogP contribution < -0.4 is 11.3 Å². The van der Waals surface area contributed by atoms with Crippen LogP contribution in [0.4, 0.5) is 11.4 Å². The van der Waals surface area contributed by atoms with Gasteiger partial charge in [0.2, 0.25) is 11.5 Å². The van der Waals surface area contributed by atoms with Gasteiger partial charge in [-0.2, -0.15) is 0 Å². The number of benzene rings is 2. The van der Waals surface area contributed by atoms with Gasteiger partial charge in [0.15, 0.2) is 11.5 Å². The molecule has 0 unspecified atom stereocenters. The standard InChI is InChI=1S/C13H13N3O7.C12H9N3O6/c1-21-11(17)7-10(13(18)22-2)23-15-12(14)8-5-3-4-6-9(8)16(19)20;1-21-12(18)8-9(16)11(17)14-10(13-8)6-4-2-3-5-7(6)15(19)20/h3-7H,1-2H3,(H2,14,15);2-5,16H,1H3,(H,13,14,17). The molecular weight excluding hydrogens is 592 g/mol. The number of ether oxygens (including phenoxy) is 3. The zero-order valence-electron chi connectivity index (χ0n) is 22.9. The van der Waals surface area contributed by atoms with Crippen molar-refractivity contribution < 1.29 is 48.4 Å². The number of aromatic hydroxyl groups is 1. The Kier molecular flexibility index (Phi) is 11.7. The average molecular weight is 614 g/mol. The van der Waals surface area contributed by atoms with Gasteiger partial charge in [-0.3, -0.25) is 25.0 Å². The van der Waals surface area contributed by atoms with Gasteiger partial charge in [0.1, 0.15) is 5.82 Å². The number of nitro groups is 2. The molecule has 4 N–H and O–H groups in total. The van der Waals surface area contributed by atoms with Crippen LogP contribution in [0.1, 0.15) is 16.1 Å². The molecule has 0 spiro atoms. The predicted molar refractivity (Wildman–Crippen MR) is 147 cm³/mol. The summed E-state index contributed by atoms with van der Waals surface area (Å²) in [5, 5.41) is 34.8. The first kappa shape index (κ1) is 33.5. The number of H-pyrrole nitrogens is 1. The van der Waals surface area contributed by atoms with Crippen LogP contribution in [0.25, 0.3) is 11.4 Å². The highest BCUT2D eigenvalue weighted by atomic mass is 16.7. The Morgan fingerprint density at radius 2 is 1.55 bits per heavy atom. The van der Waals surface area contributed by atoms with Crippen molar-refractivity contribution in [3.63, 3.8) is 0 Å². The number of aromatic nitrogens is 2. The van der Waals surface area contributed by atoms with Crippen molar-refractivity contribution in [2.45, 2.75) is 0 Å². The lowest BCUT2D eigenvalue weighted by Gasteiger charge is -2.05. The minimum Gasteiger partial charge on any atom is -0.501 e. The number of esters is 3. The minimum absolute atomic E-state index is 0.00440. The van der Waals surface area contributed by atoms with Gasteiger partial charge in [-0.25, -0.2) is 19.4 Å². The molecule has 0 bridgehead atoms. The lowest BCUT2D eigenvalue weighted by Crippen LogP contribution is -2.17. The van der Waals surface area contributed by atoms with E-state index in [9.17, 15) is 44.5 Å². The number of amidine groups is 1. The second-order valence-corrected chi connectivity index (χ2v) is 7.74. The highest BCUT2D eigenvalue weighted by molar-refractivity contribution is 6.01. The van der Waals surface area contributed by atoms with Crippen molar-refractivity contribution in [2.24, 2.45) is 10.9 Å². The first-order valence-electron chi connectivity index (χ1n) is 11.6. The second kappa shape index (κ2) is 15.4. The summed E-state index contributed by atoms with van der Waals surface area (Å²) in [4.78, 5) is 76.9. The van der Waals surface area contributed by atoms with Gasteiger partial charge in [0.25, 0.3) is 16.9 Å². The van der Waals surface area contributed by atoms with E-state index in [1.807, 2.05) is 0 Å². The summed E-state index contributed by atoms with van der Waals surface area (Å²) < 4.78 is 13.1. The van der Waals surface area contributed by atoms with Gasteiger partial charge in [-0.1, -0.05) is 29.4 Å². The van der Waals surface area contributed by atoms with E-state index in [4.69, 9.17) is 10.6 Å². The van der Waals surface area contributed by atoms with Crippen LogP contribution in [-0.2, 0) is 28.6 Å². The Labute approximate surface area is 245 Å². The Hall–Kier alpha value is -6.66. The lowest BCUT2D eigenvalue weighted by molar-refractivity contribution is -0.385. The van der Waals surface area contributed by atoms with Crippen LogP contribution in [0.5, 0.6) is 5.75 Å². The summed E-state index contributed by atoms with van der Waals surface area (Å²) in [6, 6.07) is 11.1. The van der Waals surface area contributed by atoms with Crippen molar-refractivity contribution in [3.8, 4) is 17.1 Å². The molecule has 1 aromatic heterocycles. The molecule has 19 heteroatoms. The van der Waals surface area contributed by atoms with E-state index in [0.29, 0.717) is 6.08 Å². The molecule has 2 aromatic carbocycles. The fraction of sp³-hybridized carbons (Fsp3) is 0.120. The summed E-state index contributed by atoms with van der Waals surface area (Å²) in [7, 11) is 3.21. The molecule has 0 amide bonds. The van der Waals surface area contributed by atoms with E-state index in [1.165, 1.54) is 48.5 Å². The summed E-state index contributed by atoms with van der Waals surface area (Å²) in [5.74, 6) is -5.01. The van der Waals surface area contributed by atoms with Gasteiger partial charge in [0, 0.05) is 12.1 Å². The third-order valence-electron chi connectivity index (χ3n) is 5.09. The minimum atomic E-state index is -1.03. The highest BCUT2D eigenvalue weighted by Crippen LogP contribution is 2.27. The van der Waals surface area contributed by atoms with Crippen molar-refractivity contribution in [2.75, 3.05) is 21.3 Å². The maximum atomic E-state index is 11.6. The van der Waals surface area contributed by atoms with E-state index >= 15 is 0 Å². The number of para-hydroxylation sites is 2. The molecule has 44 heavy (non-hydrogen) atoms. The summed E-state index contributed by atoms with van der Waals surface area (Å²) in [5.41, 5.74) is 3.38. The molecule has 1 heterocycles. The first-order valence-corrected chi connectivity index (χ1v) is 11.6. The van der Waals surface area contributed by atoms with E-state index in [-0.39, 0.29) is 34.2 Å². The van der Waals surface area contributed by atoms with Crippen molar-refractivity contribution in [1.29, 1.82) is 0 Å². The molecule has 0 atom stereocenters. The Bertz CT molecular complexity index is 1710. The number of nitrogens with one attached hydrogen (secondary N) is 1. The van der Waals surface area contributed by atoms with Crippen molar-refractivity contribution >= 4 is 35.1 Å². The van der Waals surface area contributed by atoms with Gasteiger partial charge in [-0.05, 0) is 12.1 Å². The molecule has 0 saturated carbocycles. The molecule has 0 aliphatic rings. The SMILES string of the molecule is COC(=O)C=C(O/N=C(\N)c1ccccc1[N+](=O)[O-])C(=O)OC.COC(=O)c1nc(-c2ccccc2[N+](=O)[O-])[nH]c(=O)c1O. The maximum Gasteiger partial charge on any atom is 0.377 e. The average Bonchev–Trinajstić information content (AvgIpc) is 3.03. The number of hydrogen-bond donors (Lipinski definition) is 3. The quantitative estimate of drug-likeness (QED) is 0.0447. The largest absolute Gasteiger partial charge is 0.501 e. The highest BCUT2D eigenvalue weighted by Gasteiger charge is 2.23. The molecule has 19 nitrogen and oxygen atoms in total. The normalized spacial score (nSPS) is 10.9. The molecule has 230 valence electrons. The third-order valence-corrected chi connectivity index (χ3v) is 5.09. The van der Waals surface area contributed by atoms with Crippen LogP contribution in [0, 0.1) is 20.2 Å². The maximum absolute atomic E-state index is 11.6. The number of aromatic amines is 1. The fourth-order valence-electron chi connectivity index (χ4n) is 3.05. The number of oxime groups is 1. The van der Waals surface area contributed by atoms with Crippen molar-refractivity contribution in [1.82, 2.24) is 9.97 Å². The van der Waals surface area contributed by atoms with Gasteiger partial charge >= 0.3 is 17.9 Å². The molecule has 3 rings (SSSR count). The number of rotatable bonds is 9. The number of hydrogen-bond acceptors (Lipinski definition) is 15.